The van der Waals surface area contributed by atoms with E-state index in [1.54, 1.807) is 0 Å². The number of hydrogen-bond acceptors (Lipinski definition) is 1. The van der Waals surface area contributed by atoms with Crippen LogP contribution in [0.25, 0.3) is 0 Å². The molecule has 0 aromatic heterocycles. The summed E-state index contributed by atoms with van der Waals surface area (Å²) in [6, 6.07) is -0.359. The maximum absolute atomic E-state index is 11.7. The number of amides is 1. The van der Waals surface area contributed by atoms with Gasteiger partial charge in [0.15, 0.2) is 0 Å². The van der Waals surface area contributed by atoms with Crippen molar-refractivity contribution < 1.29 is 14.3 Å². The Morgan fingerprint density at radius 3 is 2.67 bits per heavy atom. The van der Waals surface area contributed by atoms with Gasteiger partial charge in [0.1, 0.15) is 6.67 Å². The standard InChI is InChI=1S/C5H8FNO2/c6-3-4-1-2-7(4)5(8)9/h4H,1-3H2,(H,8,9). The highest BCUT2D eigenvalue weighted by atomic mass is 19.1. The van der Waals surface area contributed by atoms with Gasteiger partial charge in [0.2, 0.25) is 0 Å². The van der Waals surface area contributed by atoms with Crippen LogP contribution in [0.4, 0.5) is 9.18 Å². The summed E-state index contributed by atoms with van der Waals surface area (Å²) in [5, 5.41) is 8.29. The highest BCUT2D eigenvalue weighted by molar-refractivity contribution is 5.66. The zero-order valence-corrected chi connectivity index (χ0v) is 4.88. The number of carbonyl (C=O) groups is 1. The van der Waals surface area contributed by atoms with Crippen molar-refractivity contribution in [3.8, 4) is 0 Å². The van der Waals surface area contributed by atoms with Gasteiger partial charge >= 0.3 is 6.09 Å². The third kappa shape index (κ3) is 0.966. The highest BCUT2D eigenvalue weighted by Crippen LogP contribution is 2.16. The van der Waals surface area contributed by atoms with Gasteiger partial charge in [0.25, 0.3) is 0 Å². The van der Waals surface area contributed by atoms with Crippen LogP contribution in [0.5, 0.6) is 0 Å². The fourth-order valence-electron chi connectivity index (χ4n) is 0.853. The summed E-state index contributed by atoms with van der Waals surface area (Å²) < 4.78 is 11.7. The Labute approximate surface area is 52.1 Å². The lowest BCUT2D eigenvalue weighted by Crippen LogP contribution is -2.51. The molecule has 1 atom stereocenters. The maximum Gasteiger partial charge on any atom is 0.407 e. The molecular weight excluding hydrogens is 125 g/mol. The monoisotopic (exact) mass is 133 g/mol. The van der Waals surface area contributed by atoms with E-state index in [0.29, 0.717) is 13.0 Å². The lowest BCUT2D eigenvalue weighted by Gasteiger charge is -2.36. The van der Waals surface area contributed by atoms with Gasteiger partial charge in [-0.1, -0.05) is 0 Å². The summed E-state index contributed by atoms with van der Waals surface area (Å²) in [6.45, 7) is -0.0593. The van der Waals surface area contributed by atoms with Crippen LogP contribution in [-0.2, 0) is 0 Å². The molecule has 1 aliphatic heterocycles. The zero-order valence-electron chi connectivity index (χ0n) is 4.88. The van der Waals surface area contributed by atoms with E-state index >= 15 is 0 Å². The zero-order chi connectivity index (χ0) is 6.85. The number of alkyl halides is 1. The summed E-state index contributed by atoms with van der Waals surface area (Å²) in [4.78, 5) is 11.2. The van der Waals surface area contributed by atoms with Crippen molar-refractivity contribution in [2.75, 3.05) is 13.2 Å². The quantitative estimate of drug-likeness (QED) is 0.572. The summed E-state index contributed by atoms with van der Waals surface area (Å²) in [7, 11) is 0. The van der Waals surface area contributed by atoms with E-state index in [1.807, 2.05) is 0 Å². The molecule has 1 heterocycles. The Hall–Kier alpha value is -0.800. The molecule has 9 heavy (non-hydrogen) atoms. The summed E-state index contributed by atoms with van der Waals surface area (Å²) in [5.41, 5.74) is 0. The van der Waals surface area contributed by atoms with Crippen LogP contribution in [0.1, 0.15) is 6.42 Å². The van der Waals surface area contributed by atoms with Gasteiger partial charge in [-0.2, -0.15) is 0 Å². The first-order chi connectivity index (χ1) is 4.25. The molecule has 1 saturated heterocycles. The Kier molecular flexibility index (Phi) is 1.55. The van der Waals surface area contributed by atoms with E-state index in [9.17, 15) is 9.18 Å². The Morgan fingerprint density at radius 2 is 2.56 bits per heavy atom. The first-order valence-electron chi connectivity index (χ1n) is 2.81. The smallest absolute Gasteiger partial charge is 0.407 e. The molecule has 1 aliphatic rings. The number of rotatable bonds is 1. The number of carboxylic acid groups (broad SMARTS) is 1. The molecule has 1 rings (SSSR count). The van der Waals surface area contributed by atoms with Crippen molar-refractivity contribution in [3.63, 3.8) is 0 Å². The molecule has 1 unspecified atom stereocenters. The van der Waals surface area contributed by atoms with Crippen molar-refractivity contribution in [1.29, 1.82) is 0 Å². The van der Waals surface area contributed by atoms with E-state index in [2.05, 4.69) is 0 Å². The predicted molar refractivity (Wildman–Crippen MR) is 29.1 cm³/mol. The summed E-state index contributed by atoms with van der Waals surface area (Å²) in [6.07, 6.45) is -0.341. The van der Waals surface area contributed by atoms with Crippen molar-refractivity contribution in [2.45, 2.75) is 12.5 Å². The molecule has 1 N–H and O–H groups in total. The Balaban J connectivity index is 2.35. The van der Waals surface area contributed by atoms with Gasteiger partial charge < -0.3 is 10.0 Å². The number of halogens is 1. The molecule has 0 aromatic rings. The van der Waals surface area contributed by atoms with Crippen LogP contribution in [0.15, 0.2) is 0 Å². The van der Waals surface area contributed by atoms with Crippen LogP contribution in [0.2, 0.25) is 0 Å². The average molecular weight is 133 g/mol. The molecule has 0 bridgehead atoms. The fraction of sp³-hybridized carbons (Fsp3) is 0.800. The van der Waals surface area contributed by atoms with Gasteiger partial charge in [0, 0.05) is 6.54 Å². The lowest BCUT2D eigenvalue weighted by atomic mass is 10.1. The van der Waals surface area contributed by atoms with E-state index in [0.717, 1.165) is 4.90 Å². The topological polar surface area (TPSA) is 40.5 Å². The van der Waals surface area contributed by atoms with Crippen molar-refractivity contribution in [3.05, 3.63) is 0 Å². The minimum absolute atomic E-state index is 0.359. The van der Waals surface area contributed by atoms with Gasteiger partial charge in [-0.15, -0.1) is 0 Å². The Morgan fingerprint density at radius 1 is 1.89 bits per heavy atom. The van der Waals surface area contributed by atoms with Crippen LogP contribution >= 0.6 is 0 Å². The molecule has 0 spiro atoms. The fourth-order valence-corrected chi connectivity index (χ4v) is 0.853. The molecule has 3 nitrogen and oxygen atoms in total. The van der Waals surface area contributed by atoms with E-state index in [4.69, 9.17) is 5.11 Å². The second kappa shape index (κ2) is 2.21. The Bertz CT molecular complexity index is 126. The molecule has 1 fully saturated rings. The highest BCUT2D eigenvalue weighted by Gasteiger charge is 2.31. The first-order valence-corrected chi connectivity index (χ1v) is 2.81. The lowest BCUT2D eigenvalue weighted by molar-refractivity contribution is 0.0630. The van der Waals surface area contributed by atoms with Crippen molar-refractivity contribution in [1.82, 2.24) is 4.90 Å². The number of nitrogens with zero attached hydrogens (tertiary/aromatic N) is 1. The SMILES string of the molecule is O=C(O)N1CCC1CF. The van der Waals surface area contributed by atoms with Crippen LogP contribution in [0, 0.1) is 0 Å². The van der Waals surface area contributed by atoms with Gasteiger partial charge in [-0.25, -0.2) is 9.18 Å². The molecule has 0 saturated carbocycles. The molecule has 0 radical (unpaired) electrons. The van der Waals surface area contributed by atoms with E-state index in [-0.39, 0.29) is 6.04 Å². The van der Waals surface area contributed by atoms with E-state index in [1.165, 1.54) is 0 Å². The van der Waals surface area contributed by atoms with Gasteiger partial charge in [-0.05, 0) is 6.42 Å². The largest absolute Gasteiger partial charge is 0.465 e. The van der Waals surface area contributed by atoms with Crippen molar-refractivity contribution in [2.24, 2.45) is 0 Å². The second-order valence-corrected chi connectivity index (χ2v) is 2.07. The predicted octanol–water partition coefficient (Wildman–Crippen LogP) is 0.708. The minimum Gasteiger partial charge on any atom is -0.465 e. The van der Waals surface area contributed by atoms with Crippen LogP contribution < -0.4 is 0 Å². The van der Waals surface area contributed by atoms with Gasteiger partial charge in [0.05, 0.1) is 6.04 Å². The van der Waals surface area contributed by atoms with Crippen LogP contribution in [-0.4, -0.2) is 35.4 Å². The maximum atomic E-state index is 11.7. The van der Waals surface area contributed by atoms with Crippen LogP contribution in [0.3, 0.4) is 0 Å². The molecular formula is C5H8FNO2. The normalized spacial score (nSPS) is 25.4. The number of hydrogen-bond donors (Lipinski definition) is 1. The molecule has 1 amide bonds. The third-order valence-corrected chi connectivity index (χ3v) is 1.57. The van der Waals surface area contributed by atoms with Gasteiger partial charge in [-0.3, -0.25) is 0 Å². The third-order valence-electron chi connectivity index (χ3n) is 1.57. The average Bonchev–Trinajstić information content (AvgIpc) is 1.61. The van der Waals surface area contributed by atoms with Crippen molar-refractivity contribution >= 4 is 6.09 Å². The molecule has 0 aliphatic carbocycles. The summed E-state index contributed by atoms with van der Waals surface area (Å²) >= 11 is 0. The number of likely N-dealkylation sites (tertiary alicyclic amines) is 1. The minimum atomic E-state index is -1.01. The summed E-state index contributed by atoms with van der Waals surface area (Å²) in [5.74, 6) is 0. The first kappa shape index (κ1) is 6.32. The molecule has 52 valence electrons. The van der Waals surface area contributed by atoms with E-state index < -0.39 is 12.8 Å². The second-order valence-electron chi connectivity index (χ2n) is 2.07. The molecule has 0 aromatic carbocycles. The molecule has 4 heteroatoms.